The third-order valence-electron chi connectivity index (χ3n) is 12.9. The Bertz CT molecular complexity index is 4770. The minimum atomic E-state index is -4.65. The Labute approximate surface area is 480 Å². The Kier molecular flexibility index (Phi) is 16.4. The van der Waals surface area contributed by atoms with Crippen molar-refractivity contribution in [3.63, 3.8) is 0 Å². The smallest absolute Gasteiger partial charge is 0.378 e. The molecular weight excluding hydrogens is 1190 g/mol. The molecule has 0 heterocycles. The van der Waals surface area contributed by atoms with Crippen molar-refractivity contribution in [2.75, 3.05) is 0 Å². The van der Waals surface area contributed by atoms with E-state index in [0.29, 0.717) is 22.3 Å². The maximum Gasteiger partial charge on any atom is 0.378 e. The largest absolute Gasteiger partial charge is 0.867 e. The molecule has 85 heavy (non-hydrogen) atoms. The number of nitrogens with zero attached hydrogens (tertiary/aromatic N) is 8. The number of aromatic hydroxyl groups is 2. The number of fused-ring (bicyclic) bond motifs is 4. The summed E-state index contributed by atoms with van der Waals surface area (Å²) >= 11 is 0. The topological polar surface area (TPSA) is 446 Å². The van der Waals surface area contributed by atoms with Gasteiger partial charge >= 0.3 is 43.0 Å². The fourth-order valence-corrected chi connectivity index (χ4v) is 12.6. The monoisotopic (exact) mass is 1220 g/mol. The predicted molar refractivity (Wildman–Crippen MR) is 293 cm³/mol. The molecule has 10 aromatic rings. The molecule has 0 amide bonds. The number of aryl methyl sites for hydroxylation is 2. The molecule has 0 saturated heterocycles. The molecule has 0 unspecified atom stereocenters. The summed E-state index contributed by atoms with van der Waals surface area (Å²) in [6.45, 7) is 3.17. The van der Waals surface area contributed by atoms with E-state index < -0.39 is 73.3 Å². The van der Waals surface area contributed by atoms with Crippen LogP contribution in [0.5, 0.6) is 46.0 Å². The molecule has 10 aromatic carbocycles. The van der Waals surface area contributed by atoms with Gasteiger partial charge in [-0.2, -0.15) is 16.8 Å². The average Bonchev–Trinajstić information content (AvgIpc) is 1.46. The number of rotatable bonds is 10. The van der Waals surface area contributed by atoms with Crippen molar-refractivity contribution in [3.8, 4) is 46.0 Å². The van der Waals surface area contributed by atoms with Crippen molar-refractivity contribution in [2.45, 2.75) is 39.9 Å². The SMILES string of the molecule is Cc1cc(OS(=O)(=O)c2cccc3c([O-])c([N+]#N)ccc23)cc(O)c1Cc1c(C)cc(OS(=O)(=O)c2cccc3c([O-])c([N+]#N)ccc23)cc1O.N#[N+]c1ccc2c(S(=O)(=O)[O-])cccc2c1[O-].N#[N+]c1ccc2c(S(=O)(=O)[O-])cccc2c1[O-]. The summed E-state index contributed by atoms with van der Waals surface area (Å²) in [6.07, 6.45) is -0.0585. The van der Waals surface area contributed by atoms with Crippen molar-refractivity contribution in [3.05, 3.63) is 188 Å². The van der Waals surface area contributed by atoms with Crippen LogP contribution >= 0.6 is 0 Å². The van der Waals surface area contributed by atoms with Crippen molar-refractivity contribution in [1.82, 2.24) is 0 Å². The minimum absolute atomic E-state index is 0.00561. The van der Waals surface area contributed by atoms with E-state index >= 15 is 0 Å². The molecule has 0 fully saturated rings. The van der Waals surface area contributed by atoms with Gasteiger partial charge in [-0.25, -0.2) is 16.8 Å². The molecule has 0 bridgehead atoms. The van der Waals surface area contributed by atoms with Gasteiger partial charge in [0.1, 0.15) is 53.0 Å². The number of phenolic OH excluding ortho intramolecular Hbond substituents is 2. The fourth-order valence-electron chi connectivity index (χ4n) is 8.95. The molecule has 0 atom stereocenters. The number of benzene rings is 10. The fraction of sp³-hybridized carbons (Fsp3) is 0.0545. The molecule has 0 saturated carbocycles. The number of diazo groups is 4. The third kappa shape index (κ3) is 12.0. The maximum atomic E-state index is 13.3. The lowest BCUT2D eigenvalue weighted by Crippen LogP contribution is -2.11. The maximum absolute atomic E-state index is 13.3. The molecular formula is C55H34N8O18S4-2. The van der Waals surface area contributed by atoms with Crippen LogP contribution in [0, 0.1) is 35.4 Å². The highest BCUT2D eigenvalue weighted by Gasteiger charge is 2.26. The van der Waals surface area contributed by atoms with E-state index in [2.05, 4.69) is 19.9 Å². The number of phenols is 2. The number of hydrogen-bond donors (Lipinski definition) is 2. The summed E-state index contributed by atoms with van der Waals surface area (Å²) < 4.78 is 130. The Morgan fingerprint density at radius 3 is 0.894 bits per heavy atom. The van der Waals surface area contributed by atoms with Crippen LogP contribution in [0.2, 0.25) is 0 Å². The van der Waals surface area contributed by atoms with E-state index in [1.165, 1.54) is 109 Å². The van der Waals surface area contributed by atoms with Crippen LogP contribution in [0.3, 0.4) is 0 Å². The quantitative estimate of drug-likeness (QED) is 0.0732. The van der Waals surface area contributed by atoms with E-state index in [0.717, 1.165) is 36.4 Å². The van der Waals surface area contributed by atoms with Gasteiger partial charge in [0, 0.05) is 64.7 Å². The second-order valence-electron chi connectivity index (χ2n) is 18.1. The minimum Gasteiger partial charge on any atom is -0.867 e. The van der Waals surface area contributed by atoms with E-state index in [4.69, 9.17) is 29.9 Å². The summed E-state index contributed by atoms with van der Waals surface area (Å²) in [4.78, 5) is 9.79. The van der Waals surface area contributed by atoms with E-state index in [-0.39, 0.29) is 105 Å². The number of hydrogen-bond acceptors (Lipinski definition) is 22. The van der Waals surface area contributed by atoms with Gasteiger partial charge in [-0.05, 0) is 141 Å². The standard InChI is InChI=1S/C35H24N4O10S2.2C10H6N2O4S/c1-18-13-20(48-50(44,45)32-7-3-5-24-22(32)9-11-28(38-36)34(24)42)15-30(40)26(18)17-27-19(2)14-21(16-31(27)41)49-51(46,47)33-8-4-6-25-23(33)10-12-29(39-37)35(25)43;2*11-12-8-5-4-6-7(10(8)13)2-1-3-9(6)17(14,15)16/h3-16H,17H2,1-2H3,(H2-2,40,41,42,43);2*1-5H,(H-,13,14,15,16)/p-2. The lowest BCUT2D eigenvalue weighted by molar-refractivity contribution is -0.265. The lowest BCUT2D eigenvalue weighted by Gasteiger charge is -2.17. The van der Waals surface area contributed by atoms with Crippen molar-refractivity contribution >= 4 is 106 Å². The first-order valence-electron chi connectivity index (χ1n) is 23.8. The zero-order valence-corrected chi connectivity index (χ0v) is 46.5. The van der Waals surface area contributed by atoms with Gasteiger partial charge in [0.05, 0.1) is 9.79 Å². The van der Waals surface area contributed by atoms with Gasteiger partial charge in [0.2, 0.25) is 21.6 Å². The van der Waals surface area contributed by atoms with Crippen LogP contribution in [-0.4, -0.2) is 53.0 Å². The Balaban J connectivity index is 0.000000222. The zero-order chi connectivity index (χ0) is 62.1. The first kappa shape index (κ1) is 60.1. The van der Waals surface area contributed by atoms with Crippen molar-refractivity contribution in [1.29, 1.82) is 21.6 Å². The lowest BCUT2D eigenvalue weighted by atomic mass is 9.95. The molecule has 0 spiro atoms. The van der Waals surface area contributed by atoms with Gasteiger partial charge < -0.3 is 48.1 Å². The molecule has 10 rings (SSSR count). The van der Waals surface area contributed by atoms with Crippen LogP contribution in [0.4, 0.5) is 22.7 Å². The van der Waals surface area contributed by atoms with E-state index in [9.17, 15) is 73.4 Å². The van der Waals surface area contributed by atoms with Crippen LogP contribution in [0.15, 0.2) is 165 Å². The van der Waals surface area contributed by atoms with Crippen LogP contribution in [-0.2, 0) is 46.9 Å². The molecule has 428 valence electrons. The molecule has 0 radical (unpaired) electrons. The third-order valence-corrected chi connectivity index (χ3v) is 17.3. The molecule has 26 nitrogen and oxygen atoms in total. The molecule has 0 aliphatic carbocycles. The van der Waals surface area contributed by atoms with Gasteiger partial charge in [-0.15, -0.1) is 0 Å². The summed E-state index contributed by atoms with van der Waals surface area (Å²) in [5.74, 6) is -3.80. The summed E-state index contributed by atoms with van der Waals surface area (Å²) in [5.41, 5.74) is 0.440. The highest BCUT2D eigenvalue weighted by Crippen LogP contribution is 2.42. The van der Waals surface area contributed by atoms with Crippen LogP contribution in [0.25, 0.3) is 63.0 Å². The van der Waals surface area contributed by atoms with Gasteiger partial charge in [0.15, 0.2) is 19.9 Å². The second-order valence-corrected chi connectivity index (χ2v) is 23.8. The summed E-state index contributed by atoms with van der Waals surface area (Å²) in [7, 11) is -18.4. The highest BCUT2D eigenvalue weighted by atomic mass is 32.2. The Morgan fingerprint density at radius 2 is 0.647 bits per heavy atom. The average molecular weight is 1220 g/mol. The van der Waals surface area contributed by atoms with Gasteiger partial charge in [-0.3, -0.25) is 0 Å². The molecule has 2 N–H and O–H groups in total. The van der Waals surface area contributed by atoms with Gasteiger partial charge in [0.25, 0.3) is 0 Å². The van der Waals surface area contributed by atoms with Crippen LogP contribution in [0.1, 0.15) is 22.3 Å². The Morgan fingerprint density at radius 1 is 0.388 bits per heavy atom. The molecule has 30 heteroatoms. The Hall–Kier alpha value is -11.0. The van der Waals surface area contributed by atoms with Crippen LogP contribution < -0.4 is 28.8 Å². The van der Waals surface area contributed by atoms with Crippen molar-refractivity contribution < 1.29 is 81.8 Å². The molecule has 0 aromatic heterocycles. The first-order chi connectivity index (χ1) is 40.0. The van der Waals surface area contributed by atoms with Gasteiger partial charge in [-0.1, -0.05) is 48.5 Å². The zero-order valence-electron chi connectivity index (χ0n) is 43.2. The molecule has 0 aliphatic rings. The normalized spacial score (nSPS) is 11.5. The second kappa shape index (κ2) is 23.1. The first-order valence-corrected chi connectivity index (χ1v) is 29.5. The molecule has 0 aliphatic heterocycles. The predicted octanol–water partition coefficient (Wildman–Crippen LogP) is 8.87. The van der Waals surface area contributed by atoms with Crippen molar-refractivity contribution in [2.24, 2.45) is 0 Å². The summed E-state index contributed by atoms with van der Waals surface area (Å²) in [5, 5.41) is 106. The van der Waals surface area contributed by atoms with E-state index in [1.807, 2.05) is 0 Å². The summed E-state index contributed by atoms with van der Waals surface area (Å²) in [6, 6.07) is 30.2. The highest BCUT2D eigenvalue weighted by molar-refractivity contribution is 7.87. The van der Waals surface area contributed by atoms with E-state index in [1.54, 1.807) is 13.8 Å².